The molecule has 4 heterocycles. The molecule has 3 fully saturated rings. The predicted molar refractivity (Wildman–Crippen MR) is 174 cm³/mol. The molecule has 3 saturated heterocycles. The zero-order chi connectivity index (χ0) is 40.0. The molecule has 2 aromatic carbocycles. The molecule has 22 nitrogen and oxygen atoms in total. The Labute approximate surface area is 307 Å². The number of aromatic hydroxyl groups is 2. The van der Waals surface area contributed by atoms with Crippen molar-refractivity contribution in [2.45, 2.75) is 92.1 Å². The number of fused-ring (bicyclic) bond motifs is 1. The van der Waals surface area contributed by atoms with Crippen molar-refractivity contribution in [3.8, 4) is 40.1 Å². The van der Waals surface area contributed by atoms with Crippen LogP contribution >= 0.6 is 0 Å². The summed E-state index contributed by atoms with van der Waals surface area (Å²) in [6.45, 7) is -2.40. The van der Waals surface area contributed by atoms with E-state index in [1.54, 1.807) is 0 Å². The lowest BCUT2D eigenvalue weighted by atomic mass is 9.99. The van der Waals surface area contributed by atoms with Gasteiger partial charge in [0, 0.05) is 17.7 Å². The summed E-state index contributed by atoms with van der Waals surface area (Å²) < 4.78 is 38.8. The van der Waals surface area contributed by atoms with Gasteiger partial charge in [-0.25, -0.2) is 0 Å². The number of benzene rings is 2. The van der Waals surface area contributed by atoms with Gasteiger partial charge < -0.3 is 104 Å². The molecular formula is C33H40O22. The third-order valence-corrected chi connectivity index (χ3v) is 9.40. The maximum absolute atomic E-state index is 14.1. The van der Waals surface area contributed by atoms with E-state index in [1.807, 2.05) is 0 Å². The van der Waals surface area contributed by atoms with Gasteiger partial charge in [-0.2, -0.15) is 0 Å². The lowest BCUT2D eigenvalue weighted by molar-refractivity contribution is -0.277. The third kappa shape index (κ3) is 7.63. The van der Waals surface area contributed by atoms with Crippen LogP contribution in [-0.2, 0) is 14.2 Å². The molecule has 14 N–H and O–H groups in total. The molecule has 0 spiro atoms. The van der Waals surface area contributed by atoms with Gasteiger partial charge in [-0.3, -0.25) is 4.79 Å². The van der Waals surface area contributed by atoms with E-state index < -0.39 is 151 Å². The lowest BCUT2D eigenvalue weighted by Crippen LogP contribution is -2.60. The van der Waals surface area contributed by atoms with Crippen LogP contribution < -0.4 is 19.6 Å². The van der Waals surface area contributed by atoms with E-state index in [9.17, 15) is 76.3 Å². The van der Waals surface area contributed by atoms with Crippen LogP contribution in [0.15, 0.2) is 39.5 Å². The summed E-state index contributed by atoms with van der Waals surface area (Å²) in [6, 6.07) is 5.14. The largest absolute Gasteiger partial charge is 0.507 e. The molecule has 22 heteroatoms. The Kier molecular flexibility index (Phi) is 12.0. The Morgan fingerprint density at radius 3 is 1.49 bits per heavy atom. The first-order chi connectivity index (χ1) is 26.1. The molecule has 15 atom stereocenters. The molecule has 1 aromatic heterocycles. The summed E-state index contributed by atoms with van der Waals surface area (Å²) in [5.74, 6) is -3.61. The fraction of sp³-hybridized carbons (Fsp3) is 0.545. The predicted octanol–water partition coefficient (Wildman–Crippen LogP) is -5.59. The molecule has 55 heavy (non-hydrogen) atoms. The number of phenolic OH excluding ortho intramolecular Hbond substituents is 2. The van der Waals surface area contributed by atoms with Crippen molar-refractivity contribution in [1.29, 1.82) is 0 Å². The standard InChI is InChI=1S/C33H40O22/c34-6-15-19(39)23(43)26(46)31(52-15)49-10-4-12(38)18-14(5-10)50-29(30(22(18)42)55-33-28(48)25(45)21(41)17(8-36)54-33)9-1-2-13(11(37)3-9)51-32-27(47)24(44)20(40)16(7-35)53-32/h1-5,15-17,19-21,23-28,31-41,43-48H,6-8H2/t15-,16?,17?,19+,20+,21+,23?,24?,25?,26?,27?,28?,31+,32+,33-/m0/s1. The van der Waals surface area contributed by atoms with Gasteiger partial charge in [-0.1, -0.05) is 0 Å². The van der Waals surface area contributed by atoms with Crippen LogP contribution in [0, 0.1) is 0 Å². The zero-order valence-corrected chi connectivity index (χ0v) is 28.2. The van der Waals surface area contributed by atoms with Crippen LogP contribution in [0.4, 0.5) is 0 Å². The molecule has 3 aliphatic rings. The van der Waals surface area contributed by atoms with Crippen molar-refractivity contribution in [3.63, 3.8) is 0 Å². The topological polar surface area (TPSA) is 369 Å². The highest BCUT2D eigenvalue weighted by atomic mass is 16.7. The molecule has 3 aromatic rings. The molecule has 0 aliphatic carbocycles. The van der Waals surface area contributed by atoms with Crippen LogP contribution in [0.1, 0.15) is 0 Å². The van der Waals surface area contributed by atoms with E-state index in [1.165, 1.54) is 6.07 Å². The Morgan fingerprint density at radius 2 is 1.02 bits per heavy atom. The summed E-state index contributed by atoms with van der Waals surface area (Å²) in [5, 5.41) is 143. The van der Waals surface area contributed by atoms with E-state index in [0.717, 1.165) is 24.3 Å². The fourth-order valence-electron chi connectivity index (χ4n) is 6.25. The molecular weight excluding hydrogens is 748 g/mol. The normalized spacial score (nSPS) is 36.8. The number of hydrogen-bond donors (Lipinski definition) is 14. The number of aliphatic hydroxyl groups is 12. The molecule has 304 valence electrons. The van der Waals surface area contributed by atoms with Crippen molar-refractivity contribution in [1.82, 2.24) is 0 Å². The summed E-state index contributed by atoms with van der Waals surface area (Å²) in [4.78, 5) is 14.1. The Morgan fingerprint density at radius 1 is 0.545 bits per heavy atom. The lowest BCUT2D eigenvalue weighted by Gasteiger charge is -2.39. The van der Waals surface area contributed by atoms with Crippen molar-refractivity contribution >= 4 is 11.0 Å². The molecule has 0 saturated carbocycles. The Bertz CT molecular complexity index is 1870. The summed E-state index contributed by atoms with van der Waals surface area (Å²) >= 11 is 0. The van der Waals surface area contributed by atoms with Crippen LogP contribution in [-0.4, -0.2) is 183 Å². The van der Waals surface area contributed by atoms with Crippen molar-refractivity contribution in [2.75, 3.05) is 19.8 Å². The van der Waals surface area contributed by atoms with Crippen LogP contribution in [0.25, 0.3) is 22.3 Å². The first-order valence-corrected chi connectivity index (χ1v) is 16.7. The molecule has 8 unspecified atom stereocenters. The zero-order valence-electron chi connectivity index (χ0n) is 28.2. The van der Waals surface area contributed by atoms with Crippen molar-refractivity contribution < 1.29 is 104 Å². The molecule has 3 aliphatic heterocycles. The van der Waals surface area contributed by atoms with Gasteiger partial charge in [0.25, 0.3) is 0 Å². The van der Waals surface area contributed by atoms with Gasteiger partial charge in [0.05, 0.1) is 19.8 Å². The number of phenols is 2. The number of aliphatic hydroxyl groups excluding tert-OH is 12. The molecule has 0 amide bonds. The van der Waals surface area contributed by atoms with E-state index >= 15 is 0 Å². The fourth-order valence-corrected chi connectivity index (χ4v) is 6.25. The van der Waals surface area contributed by atoms with E-state index in [2.05, 4.69) is 0 Å². The minimum atomic E-state index is -2.02. The van der Waals surface area contributed by atoms with Gasteiger partial charge >= 0.3 is 0 Å². The monoisotopic (exact) mass is 788 g/mol. The van der Waals surface area contributed by atoms with Gasteiger partial charge in [-0.15, -0.1) is 0 Å². The highest BCUT2D eigenvalue weighted by molar-refractivity contribution is 5.88. The third-order valence-electron chi connectivity index (χ3n) is 9.40. The summed E-state index contributed by atoms with van der Waals surface area (Å²) in [6.07, 6.45) is -26.1. The Balaban J connectivity index is 1.41. The molecule has 6 rings (SSSR count). The second kappa shape index (κ2) is 16.3. The maximum atomic E-state index is 14.1. The second-order valence-corrected chi connectivity index (χ2v) is 13.0. The maximum Gasteiger partial charge on any atom is 0.239 e. The summed E-state index contributed by atoms with van der Waals surface area (Å²) in [5.41, 5.74) is -1.77. The molecule has 0 radical (unpaired) electrons. The number of ether oxygens (including phenoxy) is 6. The van der Waals surface area contributed by atoms with Crippen molar-refractivity contribution in [2.24, 2.45) is 0 Å². The minimum absolute atomic E-state index is 0.183. The van der Waals surface area contributed by atoms with Gasteiger partial charge in [0.2, 0.25) is 30.0 Å². The first kappa shape index (κ1) is 40.7. The van der Waals surface area contributed by atoms with Crippen LogP contribution in [0.3, 0.4) is 0 Å². The van der Waals surface area contributed by atoms with Crippen LogP contribution in [0.2, 0.25) is 0 Å². The minimum Gasteiger partial charge on any atom is -0.507 e. The summed E-state index contributed by atoms with van der Waals surface area (Å²) in [7, 11) is 0. The van der Waals surface area contributed by atoms with Crippen molar-refractivity contribution in [3.05, 3.63) is 40.6 Å². The molecule has 0 bridgehead atoms. The van der Waals surface area contributed by atoms with E-state index in [0.29, 0.717) is 0 Å². The Hall–Kier alpha value is -3.95. The average molecular weight is 789 g/mol. The van der Waals surface area contributed by atoms with Crippen LogP contribution in [0.5, 0.6) is 28.7 Å². The van der Waals surface area contributed by atoms with E-state index in [-0.39, 0.29) is 17.1 Å². The first-order valence-electron chi connectivity index (χ1n) is 16.7. The number of hydrogen-bond acceptors (Lipinski definition) is 22. The average Bonchev–Trinajstić information content (AvgIpc) is 3.16. The van der Waals surface area contributed by atoms with E-state index in [4.69, 9.17) is 32.8 Å². The smallest absolute Gasteiger partial charge is 0.239 e. The highest BCUT2D eigenvalue weighted by Crippen LogP contribution is 2.41. The highest BCUT2D eigenvalue weighted by Gasteiger charge is 2.47. The second-order valence-electron chi connectivity index (χ2n) is 13.0. The van der Waals surface area contributed by atoms with Gasteiger partial charge in [-0.05, 0) is 18.2 Å². The quantitative estimate of drug-likeness (QED) is 0.0910. The van der Waals surface area contributed by atoms with Gasteiger partial charge in [0.15, 0.2) is 17.3 Å². The number of rotatable bonds is 10. The van der Waals surface area contributed by atoms with Gasteiger partial charge in [0.1, 0.15) is 95.7 Å². The SMILES string of the molecule is O=c1c(O[C@@H]2OC(CO)[C@@H](O)C(O)C2O)c(-c2ccc(O[C@@H]3OC(CO)[C@@H](O)C(O)C3O)c(O)c2)oc2cc(O[C@@H]3O[C@@H](CO)[C@@H](O)C(O)C3O)cc(O)c12.